The Hall–Kier alpha value is -1.30. The van der Waals surface area contributed by atoms with E-state index in [-0.39, 0.29) is 0 Å². The van der Waals surface area contributed by atoms with E-state index < -0.39 is 0 Å². The van der Waals surface area contributed by atoms with Gasteiger partial charge in [0, 0.05) is 33.1 Å². The van der Waals surface area contributed by atoms with Gasteiger partial charge in [0.25, 0.3) is 0 Å². The summed E-state index contributed by atoms with van der Waals surface area (Å²) >= 11 is 9.77. The van der Waals surface area contributed by atoms with Gasteiger partial charge in [-0.05, 0) is 37.0 Å². The fourth-order valence-electron chi connectivity index (χ4n) is 2.88. The summed E-state index contributed by atoms with van der Waals surface area (Å²) in [6, 6.07) is 7.97. The first-order chi connectivity index (χ1) is 12.2. The fraction of sp³-hybridized carbons (Fsp3) is 0.368. The molecule has 6 heteroatoms. The van der Waals surface area contributed by atoms with Gasteiger partial charge in [-0.1, -0.05) is 55.4 Å². The van der Waals surface area contributed by atoms with Crippen molar-refractivity contribution >= 4 is 34.7 Å². The van der Waals surface area contributed by atoms with Crippen LogP contribution in [-0.4, -0.2) is 14.8 Å². The van der Waals surface area contributed by atoms with Gasteiger partial charge in [0.2, 0.25) is 0 Å². The molecule has 0 amide bonds. The van der Waals surface area contributed by atoms with Crippen LogP contribution in [0.4, 0.5) is 0 Å². The zero-order valence-electron chi connectivity index (χ0n) is 14.8. The second-order valence-electron chi connectivity index (χ2n) is 5.88. The van der Waals surface area contributed by atoms with Crippen molar-refractivity contribution in [3.8, 4) is 11.4 Å². The van der Waals surface area contributed by atoms with Crippen molar-refractivity contribution in [2.75, 3.05) is 0 Å². The van der Waals surface area contributed by atoms with Gasteiger partial charge in [-0.3, -0.25) is 0 Å². The van der Waals surface area contributed by atoms with Crippen LogP contribution in [0.5, 0.6) is 0 Å². The molecule has 0 saturated carbocycles. The van der Waals surface area contributed by atoms with Crippen molar-refractivity contribution in [3.05, 3.63) is 50.7 Å². The van der Waals surface area contributed by atoms with Crippen molar-refractivity contribution in [1.29, 1.82) is 0 Å². The van der Waals surface area contributed by atoms with Crippen LogP contribution < -0.4 is 0 Å². The van der Waals surface area contributed by atoms with Gasteiger partial charge in [0.05, 0.1) is 0 Å². The number of thioether (sulfide) groups is 1. The molecule has 2 heterocycles. The third-order valence-electron chi connectivity index (χ3n) is 4.18. The number of thiophene rings is 1. The molecule has 1 aromatic carbocycles. The number of hydrogen-bond acceptors (Lipinski definition) is 4. The van der Waals surface area contributed by atoms with Gasteiger partial charge >= 0.3 is 0 Å². The monoisotopic (exact) mass is 391 g/mol. The molecule has 0 aliphatic heterocycles. The Balaban J connectivity index is 1.90. The van der Waals surface area contributed by atoms with Crippen LogP contribution in [0, 0.1) is 6.92 Å². The molecule has 0 atom stereocenters. The zero-order valence-corrected chi connectivity index (χ0v) is 17.1. The van der Waals surface area contributed by atoms with Crippen molar-refractivity contribution in [2.45, 2.75) is 51.1 Å². The molecule has 3 rings (SSSR count). The van der Waals surface area contributed by atoms with Gasteiger partial charge in [0.1, 0.15) is 0 Å². The Morgan fingerprint density at radius 2 is 2.00 bits per heavy atom. The highest BCUT2D eigenvalue weighted by molar-refractivity contribution is 7.98. The van der Waals surface area contributed by atoms with Crippen molar-refractivity contribution in [2.24, 2.45) is 0 Å². The highest BCUT2D eigenvalue weighted by Crippen LogP contribution is 2.34. The number of aryl methyl sites for hydroxylation is 1. The lowest BCUT2D eigenvalue weighted by molar-refractivity contribution is 0.626. The maximum atomic E-state index is 6.28. The largest absolute Gasteiger partial charge is 0.302 e. The number of benzene rings is 1. The Kier molecular flexibility index (Phi) is 6.20. The molecule has 0 N–H and O–H groups in total. The second-order valence-corrected chi connectivity index (χ2v) is 8.31. The molecular weight excluding hydrogens is 370 g/mol. The topological polar surface area (TPSA) is 30.7 Å². The molecule has 0 aliphatic rings. The summed E-state index contributed by atoms with van der Waals surface area (Å²) in [6.45, 7) is 7.49. The minimum atomic E-state index is 0.796. The molecule has 0 unspecified atom stereocenters. The first-order valence-electron chi connectivity index (χ1n) is 8.52. The SMILES string of the molecule is CCCn1c(SCc2ccccc2Cl)nnc1-c1csc(C)c1CC. The lowest BCUT2D eigenvalue weighted by Gasteiger charge is -2.10. The van der Waals surface area contributed by atoms with Crippen LogP contribution in [0.2, 0.25) is 5.02 Å². The maximum absolute atomic E-state index is 6.28. The predicted octanol–water partition coefficient (Wildman–Crippen LogP) is 6.23. The molecule has 25 heavy (non-hydrogen) atoms. The van der Waals surface area contributed by atoms with Crippen molar-refractivity contribution < 1.29 is 0 Å². The Morgan fingerprint density at radius 1 is 1.20 bits per heavy atom. The molecule has 3 aromatic rings. The molecule has 132 valence electrons. The van der Waals surface area contributed by atoms with Gasteiger partial charge in [0.15, 0.2) is 11.0 Å². The van der Waals surface area contributed by atoms with Gasteiger partial charge in [-0.15, -0.1) is 21.5 Å². The molecule has 0 saturated heterocycles. The molecule has 0 aliphatic carbocycles. The second kappa shape index (κ2) is 8.39. The lowest BCUT2D eigenvalue weighted by Crippen LogP contribution is -2.02. The third kappa shape index (κ3) is 3.94. The molecule has 0 spiro atoms. The van der Waals surface area contributed by atoms with E-state index in [1.165, 1.54) is 16.0 Å². The van der Waals surface area contributed by atoms with E-state index in [0.29, 0.717) is 0 Å². The normalized spacial score (nSPS) is 11.2. The molecule has 3 nitrogen and oxygen atoms in total. The van der Waals surface area contributed by atoms with E-state index in [9.17, 15) is 0 Å². The smallest absolute Gasteiger partial charge is 0.191 e. The average molecular weight is 392 g/mol. The first kappa shape index (κ1) is 18.5. The van der Waals surface area contributed by atoms with E-state index in [2.05, 4.69) is 47.0 Å². The summed E-state index contributed by atoms with van der Waals surface area (Å²) in [5, 5.41) is 13.0. The number of rotatable bonds is 7. The van der Waals surface area contributed by atoms with Crippen molar-refractivity contribution in [1.82, 2.24) is 14.8 Å². The zero-order chi connectivity index (χ0) is 17.8. The highest BCUT2D eigenvalue weighted by atomic mass is 35.5. The highest BCUT2D eigenvalue weighted by Gasteiger charge is 2.18. The van der Waals surface area contributed by atoms with Crippen LogP contribution in [0.3, 0.4) is 0 Å². The first-order valence-corrected chi connectivity index (χ1v) is 10.8. The lowest BCUT2D eigenvalue weighted by atomic mass is 10.1. The number of nitrogens with zero attached hydrogens (tertiary/aromatic N) is 3. The Morgan fingerprint density at radius 3 is 2.72 bits per heavy atom. The van der Waals surface area contributed by atoms with Gasteiger partial charge in [-0.2, -0.15) is 0 Å². The van der Waals surface area contributed by atoms with E-state index in [0.717, 1.165) is 46.7 Å². The number of hydrogen-bond donors (Lipinski definition) is 0. The van der Waals surface area contributed by atoms with Crippen molar-refractivity contribution in [3.63, 3.8) is 0 Å². The standard InChI is InChI=1S/C19H22ClN3S2/c1-4-10-23-18(16-12-24-13(3)15(16)5-2)21-22-19(23)25-11-14-8-6-7-9-17(14)20/h6-9,12H,4-5,10-11H2,1-3H3. The summed E-state index contributed by atoms with van der Waals surface area (Å²) in [5.41, 5.74) is 3.75. The summed E-state index contributed by atoms with van der Waals surface area (Å²) in [6.07, 6.45) is 2.07. The number of halogens is 1. The van der Waals surface area contributed by atoms with E-state index in [1.54, 1.807) is 23.1 Å². The van der Waals surface area contributed by atoms with E-state index in [4.69, 9.17) is 11.6 Å². The van der Waals surface area contributed by atoms with Crippen LogP contribution in [-0.2, 0) is 18.7 Å². The molecule has 0 bridgehead atoms. The molecule has 0 radical (unpaired) electrons. The average Bonchev–Trinajstić information content (AvgIpc) is 3.17. The Labute approximate surface area is 162 Å². The van der Waals surface area contributed by atoms with Crippen LogP contribution in [0.1, 0.15) is 36.3 Å². The minimum Gasteiger partial charge on any atom is -0.302 e. The van der Waals surface area contributed by atoms with Crippen LogP contribution in [0.25, 0.3) is 11.4 Å². The van der Waals surface area contributed by atoms with E-state index >= 15 is 0 Å². The summed E-state index contributed by atoms with van der Waals surface area (Å²) in [5.74, 6) is 1.79. The van der Waals surface area contributed by atoms with Gasteiger partial charge in [-0.25, -0.2) is 0 Å². The molecule has 0 fully saturated rings. The molecular formula is C19H22ClN3S2. The van der Waals surface area contributed by atoms with Crippen LogP contribution in [0.15, 0.2) is 34.8 Å². The van der Waals surface area contributed by atoms with Gasteiger partial charge < -0.3 is 4.57 Å². The summed E-state index contributed by atoms with van der Waals surface area (Å²) in [4.78, 5) is 1.37. The summed E-state index contributed by atoms with van der Waals surface area (Å²) < 4.78 is 2.25. The number of aromatic nitrogens is 3. The maximum Gasteiger partial charge on any atom is 0.191 e. The third-order valence-corrected chi connectivity index (χ3v) is 6.51. The quantitative estimate of drug-likeness (QED) is 0.447. The summed E-state index contributed by atoms with van der Waals surface area (Å²) in [7, 11) is 0. The molecule has 2 aromatic heterocycles. The minimum absolute atomic E-state index is 0.796. The Bertz CT molecular complexity index is 854. The van der Waals surface area contributed by atoms with Crippen LogP contribution >= 0.6 is 34.7 Å². The predicted molar refractivity (Wildman–Crippen MR) is 109 cm³/mol. The fourth-order valence-corrected chi connectivity index (χ4v) is 5.07. The van der Waals surface area contributed by atoms with E-state index in [1.807, 2.05) is 18.2 Å².